The number of allylic oxidation sites excluding steroid dienone is 2. The lowest BCUT2D eigenvalue weighted by molar-refractivity contribution is 0.0366. The van der Waals surface area contributed by atoms with Crippen molar-refractivity contribution in [1.29, 1.82) is 0 Å². The molecule has 3 heteroatoms. The molecule has 2 heterocycles. The second-order valence-corrected chi connectivity index (χ2v) is 3.99. The lowest BCUT2D eigenvalue weighted by Crippen LogP contribution is -2.30. The summed E-state index contributed by atoms with van der Waals surface area (Å²) in [6, 6.07) is 0. The molecule has 3 aliphatic rings. The van der Waals surface area contributed by atoms with E-state index in [0.29, 0.717) is 6.73 Å². The first kappa shape index (κ1) is 7.47. The first-order valence-electron chi connectivity index (χ1n) is 4.26. The Hall–Kier alpha value is -0.930. The SMILES string of the molecule is C1=CC2=C3SC=CN3COC2C=C1. The third-order valence-corrected chi connectivity index (χ3v) is 3.25. The Kier molecular flexibility index (Phi) is 1.60. The van der Waals surface area contributed by atoms with E-state index in [1.807, 2.05) is 6.08 Å². The summed E-state index contributed by atoms with van der Waals surface area (Å²) in [6.45, 7) is 0.672. The van der Waals surface area contributed by atoms with Crippen molar-refractivity contribution in [2.24, 2.45) is 0 Å². The first-order valence-corrected chi connectivity index (χ1v) is 5.14. The minimum absolute atomic E-state index is 0.170. The average molecular weight is 191 g/mol. The van der Waals surface area contributed by atoms with Gasteiger partial charge in [0.1, 0.15) is 12.8 Å². The maximum absolute atomic E-state index is 5.66. The fourth-order valence-electron chi connectivity index (χ4n) is 1.66. The van der Waals surface area contributed by atoms with Gasteiger partial charge in [0.25, 0.3) is 0 Å². The van der Waals surface area contributed by atoms with Crippen molar-refractivity contribution in [3.63, 3.8) is 0 Å². The van der Waals surface area contributed by atoms with E-state index in [0.717, 1.165) is 0 Å². The standard InChI is InChI=1S/C10H9NOS/c1-2-4-9-8(3-1)10-11(7-12-9)5-6-13-10/h1-6,9H,7H2. The second kappa shape index (κ2) is 2.79. The zero-order chi connectivity index (χ0) is 8.67. The molecule has 0 saturated carbocycles. The van der Waals surface area contributed by atoms with Crippen LogP contribution in [0.1, 0.15) is 0 Å². The fourth-order valence-corrected chi connectivity index (χ4v) is 2.57. The Balaban J connectivity index is 2.07. The van der Waals surface area contributed by atoms with Crippen LogP contribution in [0.25, 0.3) is 0 Å². The highest BCUT2D eigenvalue weighted by atomic mass is 32.2. The molecule has 2 nitrogen and oxygen atoms in total. The molecule has 3 rings (SSSR count). The molecule has 0 amide bonds. The van der Waals surface area contributed by atoms with Crippen LogP contribution in [0.3, 0.4) is 0 Å². The Labute approximate surface area is 81.2 Å². The molecule has 0 fully saturated rings. The summed E-state index contributed by atoms with van der Waals surface area (Å²) in [7, 11) is 0. The number of hydrogen-bond acceptors (Lipinski definition) is 3. The summed E-state index contributed by atoms with van der Waals surface area (Å²) < 4.78 is 5.66. The Morgan fingerprint density at radius 2 is 2.46 bits per heavy atom. The predicted molar refractivity (Wildman–Crippen MR) is 53.6 cm³/mol. The molecule has 1 aliphatic carbocycles. The van der Waals surface area contributed by atoms with Crippen molar-refractivity contribution in [1.82, 2.24) is 4.90 Å². The Bertz CT molecular complexity index is 354. The number of ether oxygens (including phenoxy) is 1. The summed E-state index contributed by atoms with van der Waals surface area (Å²) in [5.41, 5.74) is 1.28. The molecule has 13 heavy (non-hydrogen) atoms. The van der Waals surface area contributed by atoms with E-state index in [2.05, 4.69) is 34.7 Å². The quantitative estimate of drug-likeness (QED) is 0.582. The second-order valence-electron chi connectivity index (χ2n) is 3.09. The van der Waals surface area contributed by atoms with Crippen LogP contribution in [0, 0.1) is 0 Å². The van der Waals surface area contributed by atoms with Crippen LogP contribution in [0.5, 0.6) is 0 Å². The summed E-state index contributed by atoms with van der Waals surface area (Å²) in [6.07, 6.45) is 10.6. The van der Waals surface area contributed by atoms with Gasteiger partial charge in [0.05, 0.1) is 5.03 Å². The van der Waals surface area contributed by atoms with E-state index < -0.39 is 0 Å². The van der Waals surface area contributed by atoms with Gasteiger partial charge in [-0.2, -0.15) is 0 Å². The number of hydrogen-bond donors (Lipinski definition) is 0. The number of thioether (sulfide) groups is 1. The van der Waals surface area contributed by atoms with Crippen molar-refractivity contribution in [2.45, 2.75) is 6.10 Å². The number of nitrogens with zero attached hydrogens (tertiary/aromatic N) is 1. The van der Waals surface area contributed by atoms with Gasteiger partial charge in [0, 0.05) is 11.8 Å². The van der Waals surface area contributed by atoms with E-state index in [4.69, 9.17) is 4.74 Å². The van der Waals surface area contributed by atoms with Gasteiger partial charge in [-0.05, 0) is 5.41 Å². The molecule has 0 aromatic rings. The zero-order valence-electron chi connectivity index (χ0n) is 7.01. The largest absolute Gasteiger partial charge is 0.349 e. The van der Waals surface area contributed by atoms with Gasteiger partial charge in [0.2, 0.25) is 0 Å². The molecule has 0 bridgehead atoms. The maximum Gasteiger partial charge on any atom is 0.124 e. The van der Waals surface area contributed by atoms with E-state index in [1.54, 1.807) is 11.8 Å². The van der Waals surface area contributed by atoms with Crippen LogP contribution in [0.2, 0.25) is 0 Å². The van der Waals surface area contributed by atoms with Gasteiger partial charge < -0.3 is 9.64 Å². The van der Waals surface area contributed by atoms with Crippen molar-refractivity contribution < 1.29 is 4.74 Å². The highest BCUT2D eigenvalue weighted by molar-refractivity contribution is 8.06. The fraction of sp³-hybridized carbons (Fsp3) is 0.200. The smallest absolute Gasteiger partial charge is 0.124 e. The minimum Gasteiger partial charge on any atom is -0.349 e. The summed E-state index contributed by atoms with van der Waals surface area (Å²) in [5.74, 6) is 0. The van der Waals surface area contributed by atoms with Crippen LogP contribution in [-0.4, -0.2) is 17.7 Å². The first-order chi connectivity index (χ1) is 6.45. The molecule has 0 N–H and O–H groups in total. The van der Waals surface area contributed by atoms with Crippen LogP contribution in [0.4, 0.5) is 0 Å². The molecule has 2 aliphatic heterocycles. The summed E-state index contributed by atoms with van der Waals surface area (Å²) in [4.78, 5) is 2.14. The van der Waals surface area contributed by atoms with Crippen molar-refractivity contribution in [3.8, 4) is 0 Å². The van der Waals surface area contributed by atoms with Crippen LogP contribution in [-0.2, 0) is 4.74 Å². The van der Waals surface area contributed by atoms with Gasteiger partial charge in [0.15, 0.2) is 0 Å². The normalized spacial score (nSPS) is 29.5. The van der Waals surface area contributed by atoms with E-state index >= 15 is 0 Å². The molecular weight excluding hydrogens is 182 g/mol. The highest BCUT2D eigenvalue weighted by Crippen LogP contribution is 2.38. The van der Waals surface area contributed by atoms with E-state index in [-0.39, 0.29) is 6.10 Å². The molecule has 0 aromatic carbocycles. The van der Waals surface area contributed by atoms with Crippen LogP contribution >= 0.6 is 11.8 Å². The summed E-state index contributed by atoms with van der Waals surface area (Å²) in [5, 5.41) is 3.41. The molecular formula is C10H9NOS. The van der Waals surface area contributed by atoms with E-state index in [1.165, 1.54) is 10.6 Å². The van der Waals surface area contributed by atoms with Crippen molar-refractivity contribution >= 4 is 11.8 Å². The molecule has 0 saturated heterocycles. The molecule has 0 radical (unpaired) electrons. The number of fused-ring (bicyclic) bond motifs is 2. The van der Waals surface area contributed by atoms with Gasteiger partial charge in [-0.25, -0.2) is 0 Å². The minimum atomic E-state index is 0.170. The molecule has 1 unspecified atom stereocenters. The molecule has 0 aromatic heterocycles. The van der Waals surface area contributed by atoms with Crippen LogP contribution < -0.4 is 0 Å². The average Bonchev–Trinajstić information content (AvgIpc) is 2.65. The third-order valence-electron chi connectivity index (χ3n) is 2.30. The lowest BCUT2D eigenvalue weighted by Gasteiger charge is -2.31. The third kappa shape index (κ3) is 1.08. The highest BCUT2D eigenvalue weighted by Gasteiger charge is 2.27. The van der Waals surface area contributed by atoms with Crippen molar-refractivity contribution in [2.75, 3.05) is 6.73 Å². The summed E-state index contributed by atoms with van der Waals surface area (Å²) >= 11 is 1.77. The molecule has 0 spiro atoms. The Morgan fingerprint density at radius 3 is 3.46 bits per heavy atom. The van der Waals surface area contributed by atoms with Gasteiger partial charge >= 0.3 is 0 Å². The van der Waals surface area contributed by atoms with Crippen molar-refractivity contribution in [3.05, 3.63) is 46.5 Å². The predicted octanol–water partition coefficient (Wildman–Crippen LogP) is 2.20. The zero-order valence-corrected chi connectivity index (χ0v) is 7.83. The van der Waals surface area contributed by atoms with Gasteiger partial charge in [-0.3, -0.25) is 0 Å². The maximum atomic E-state index is 5.66. The van der Waals surface area contributed by atoms with Gasteiger partial charge in [-0.1, -0.05) is 36.1 Å². The Morgan fingerprint density at radius 1 is 1.46 bits per heavy atom. The monoisotopic (exact) mass is 191 g/mol. The number of rotatable bonds is 0. The van der Waals surface area contributed by atoms with E-state index in [9.17, 15) is 0 Å². The molecule has 1 atom stereocenters. The van der Waals surface area contributed by atoms with Gasteiger partial charge in [-0.15, -0.1) is 0 Å². The lowest BCUT2D eigenvalue weighted by atomic mass is 10.0. The van der Waals surface area contributed by atoms with Crippen LogP contribution in [0.15, 0.2) is 46.5 Å². The topological polar surface area (TPSA) is 12.5 Å². The molecule has 66 valence electrons.